The summed E-state index contributed by atoms with van der Waals surface area (Å²) in [6, 6.07) is 9.77. The summed E-state index contributed by atoms with van der Waals surface area (Å²) in [5, 5.41) is 14.3. The highest BCUT2D eigenvalue weighted by Crippen LogP contribution is 2.36. The molecule has 0 spiro atoms. The fourth-order valence-corrected chi connectivity index (χ4v) is 4.01. The quantitative estimate of drug-likeness (QED) is 0.687. The van der Waals surface area contributed by atoms with Gasteiger partial charge >= 0.3 is 0 Å². The van der Waals surface area contributed by atoms with Gasteiger partial charge in [0.2, 0.25) is 5.91 Å². The number of likely N-dealkylation sites (tertiary alicyclic amines) is 1. The second-order valence-corrected chi connectivity index (χ2v) is 7.70. The average Bonchev–Trinajstić information content (AvgIpc) is 3.48. The van der Waals surface area contributed by atoms with Gasteiger partial charge in [-0.2, -0.15) is 0 Å². The van der Waals surface area contributed by atoms with Crippen molar-refractivity contribution in [3.05, 3.63) is 53.0 Å². The van der Waals surface area contributed by atoms with Gasteiger partial charge in [-0.1, -0.05) is 34.6 Å². The van der Waals surface area contributed by atoms with Gasteiger partial charge < -0.3 is 14.7 Å². The molecule has 0 aliphatic carbocycles. The van der Waals surface area contributed by atoms with E-state index in [1.807, 2.05) is 37.3 Å². The van der Waals surface area contributed by atoms with E-state index in [0.29, 0.717) is 30.8 Å². The largest absolute Gasteiger partial charge is 0.361 e. The molecule has 3 heterocycles. The van der Waals surface area contributed by atoms with E-state index in [2.05, 4.69) is 25.4 Å². The first-order chi connectivity index (χ1) is 14.4. The van der Waals surface area contributed by atoms with Crippen LogP contribution in [0.5, 0.6) is 0 Å². The fourth-order valence-electron chi connectivity index (χ4n) is 4.01. The predicted molar refractivity (Wildman–Crippen MR) is 106 cm³/mol. The number of benzene rings is 1. The molecule has 3 aromatic rings. The molecule has 0 radical (unpaired) electrons. The van der Waals surface area contributed by atoms with Crippen LogP contribution in [0.15, 0.2) is 39.5 Å². The van der Waals surface area contributed by atoms with Gasteiger partial charge in [-0.05, 0) is 31.0 Å². The van der Waals surface area contributed by atoms with Crippen LogP contribution in [-0.4, -0.2) is 52.3 Å². The summed E-state index contributed by atoms with van der Waals surface area (Å²) in [5.74, 6) is 0.171. The van der Waals surface area contributed by atoms with Crippen molar-refractivity contribution >= 4 is 11.8 Å². The molecule has 2 aromatic heterocycles. The number of hydrogen-bond acceptors (Lipinski definition) is 7. The van der Waals surface area contributed by atoms with Crippen LogP contribution in [0.1, 0.15) is 33.9 Å². The summed E-state index contributed by atoms with van der Waals surface area (Å²) < 4.78 is 10.2. The van der Waals surface area contributed by atoms with E-state index in [-0.39, 0.29) is 24.1 Å². The number of amides is 2. The van der Waals surface area contributed by atoms with Crippen LogP contribution in [0.3, 0.4) is 0 Å². The maximum atomic E-state index is 12.8. The highest BCUT2D eigenvalue weighted by atomic mass is 16.6. The lowest BCUT2D eigenvalue weighted by molar-refractivity contribution is -0.130. The molecule has 0 saturated carbocycles. The highest BCUT2D eigenvalue weighted by molar-refractivity contribution is 5.94. The maximum Gasteiger partial charge on any atom is 0.278 e. The van der Waals surface area contributed by atoms with Crippen molar-refractivity contribution < 1.29 is 18.7 Å². The summed E-state index contributed by atoms with van der Waals surface area (Å²) >= 11 is 0. The van der Waals surface area contributed by atoms with E-state index in [0.717, 1.165) is 16.8 Å². The van der Waals surface area contributed by atoms with E-state index >= 15 is 0 Å². The molecule has 1 fully saturated rings. The van der Waals surface area contributed by atoms with Gasteiger partial charge in [0.05, 0.1) is 5.41 Å². The number of nitrogens with zero attached hydrogens (tertiary/aromatic N) is 4. The third-order valence-electron chi connectivity index (χ3n) is 5.70. The van der Waals surface area contributed by atoms with Crippen molar-refractivity contribution in [1.29, 1.82) is 0 Å². The fraction of sp³-hybridized carbons (Fsp3) is 0.381. The predicted octanol–water partition coefficient (Wildman–Crippen LogP) is 2.16. The molecule has 1 saturated heterocycles. The number of hydrogen-bond donors (Lipinski definition) is 1. The molecule has 30 heavy (non-hydrogen) atoms. The highest BCUT2D eigenvalue weighted by Gasteiger charge is 2.47. The second-order valence-electron chi connectivity index (χ2n) is 7.70. The van der Waals surface area contributed by atoms with Gasteiger partial charge in [-0.3, -0.25) is 9.59 Å². The lowest BCUT2D eigenvalue weighted by Gasteiger charge is -2.26. The molecule has 1 aliphatic rings. The Morgan fingerprint density at radius 3 is 2.70 bits per heavy atom. The Balaban J connectivity index is 1.57. The molecular weight excluding hydrogens is 386 g/mol. The average molecular weight is 409 g/mol. The van der Waals surface area contributed by atoms with Crippen LogP contribution in [-0.2, 0) is 11.2 Å². The molecule has 2 amide bonds. The standard InChI is InChI=1S/C21H23N5O4/c1-13-6-4-5-7-16(13)17-10-15(29-24-17)11-21(20(28)22-3)8-9-26(12-21)19(27)18-14(2)23-30-25-18/h4-7,10H,8-9,11-12H2,1-3H3,(H,22,28)/t21-/m0/s1. The van der Waals surface area contributed by atoms with Crippen molar-refractivity contribution in [1.82, 2.24) is 25.7 Å². The first kappa shape index (κ1) is 19.8. The molecule has 1 N–H and O–H groups in total. The summed E-state index contributed by atoms with van der Waals surface area (Å²) in [6.07, 6.45) is 0.842. The molecule has 1 aliphatic heterocycles. The minimum absolute atomic E-state index is 0.137. The van der Waals surface area contributed by atoms with Crippen molar-refractivity contribution in [2.75, 3.05) is 20.1 Å². The topological polar surface area (TPSA) is 114 Å². The molecule has 1 aromatic carbocycles. The molecule has 156 valence electrons. The molecule has 0 unspecified atom stereocenters. The van der Waals surface area contributed by atoms with Crippen LogP contribution in [0.2, 0.25) is 0 Å². The van der Waals surface area contributed by atoms with Crippen LogP contribution >= 0.6 is 0 Å². The van der Waals surface area contributed by atoms with Gasteiger partial charge in [0.15, 0.2) is 5.69 Å². The Bertz CT molecular complexity index is 1090. The first-order valence-electron chi connectivity index (χ1n) is 9.76. The number of carbonyl (C=O) groups is 2. The minimum atomic E-state index is -0.808. The van der Waals surface area contributed by atoms with Gasteiger partial charge in [-0.15, -0.1) is 0 Å². The van der Waals surface area contributed by atoms with Crippen LogP contribution in [0, 0.1) is 19.3 Å². The third kappa shape index (κ3) is 3.47. The number of aryl methyl sites for hydroxylation is 2. The molecule has 9 nitrogen and oxygen atoms in total. The second kappa shape index (κ2) is 7.74. The first-order valence-corrected chi connectivity index (χ1v) is 9.76. The molecule has 0 bridgehead atoms. The Hall–Kier alpha value is -3.49. The SMILES string of the molecule is CNC(=O)[C@]1(Cc2cc(-c3ccccc3C)no2)CCN(C(=O)c2nonc2C)C1. The molecular formula is C21H23N5O4. The normalized spacial score (nSPS) is 18.6. The lowest BCUT2D eigenvalue weighted by atomic mass is 9.81. The van der Waals surface area contributed by atoms with E-state index in [9.17, 15) is 9.59 Å². The van der Waals surface area contributed by atoms with E-state index in [4.69, 9.17) is 4.52 Å². The van der Waals surface area contributed by atoms with Gasteiger partial charge in [0, 0.05) is 38.2 Å². The Labute approximate surface area is 173 Å². The summed E-state index contributed by atoms with van der Waals surface area (Å²) in [7, 11) is 1.60. The summed E-state index contributed by atoms with van der Waals surface area (Å²) in [5.41, 5.74) is 2.59. The maximum absolute atomic E-state index is 12.8. The smallest absolute Gasteiger partial charge is 0.278 e. The third-order valence-corrected chi connectivity index (χ3v) is 5.70. The molecule has 1 atom stereocenters. The van der Waals surface area contributed by atoms with Crippen molar-refractivity contribution in [3.63, 3.8) is 0 Å². The van der Waals surface area contributed by atoms with Crippen LogP contribution in [0.4, 0.5) is 0 Å². The Morgan fingerprint density at radius 2 is 2.00 bits per heavy atom. The molecule has 4 rings (SSSR count). The van der Waals surface area contributed by atoms with Gasteiger partial charge in [0.25, 0.3) is 5.91 Å². The van der Waals surface area contributed by atoms with Crippen molar-refractivity contribution in [3.8, 4) is 11.3 Å². The number of rotatable bonds is 5. The summed E-state index contributed by atoms with van der Waals surface area (Å²) in [6.45, 7) is 4.35. The zero-order valence-electron chi connectivity index (χ0n) is 17.1. The molecule has 9 heteroatoms. The minimum Gasteiger partial charge on any atom is -0.361 e. The van der Waals surface area contributed by atoms with Crippen LogP contribution in [0.25, 0.3) is 11.3 Å². The van der Waals surface area contributed by atoms with Gasteiger partial charge in [0.1, 0.15) is 17.1 Å². The zero-order chi connectivity index (χ0) is 21.3. The van der Waals surface area contributed by atoms with Crippen molar-refractivity contribution in [2.45, 2.75) is 26.7 Å². The van der Waals surface area contributed by atoms with E-state index in [1.165, 1.54) is 0 Å². The van der Waals surface area contributed by atoms with Crippen molar-refractivity contribution in [2.24, 2.45) is 5.41 Å². The number of carbonyl (C=O) groups excluding carboxylic acids is 2. The van der Waals surface area contributed by atoms with Crippen LogP contribution < -0.4 is 5.32 Å². The summed E-state index contributed by atoms with van der Waals surface area (Å²) in [4.78, 5) is 27.2. The number of nitrogens with one attached hydrogen (secondary N) is 1. The van der Waals surface area contributed by atoms with Gasteiger partial charge in [-0.25, -0.2) is 4.63 Å². The van der Waals surface area contributed by atoms with E-state index in [1.54, 1.807) is 18.9 Å². The Kier molecular flexibility index (Phi) is 5.11. The monoisotopic (exact) mass is 409 g/mol. The zero-order valence-corrected chi connectivity index (χ0v) is 17.1. The number of aromatic nitrogens is 3. The van der Waals surface area contributed by atoms with E-state index < -0.39 is 5.41 Å². The Morgan fingerprint density at radius 1 is 1.20 bits per heavy atom. The lowest BCUT2D eigenvalue weighted by Crippen LogP contribution is -2.44.